The van der Waals surface area contributed by atoms with Crippen LogP contribution in [-0.2, 0) is 6.54 Å². The number of benzene rings is 1. The number of para-hydroxylation sites is 1. The smallest absolute Gasteiger partial charge is 0.130 e. The minimum absolute atomic E-state index is 0.410. The second kappa shape index (κ2) is 4.16. The van der Waals surface area contributed by atoms with Gasteiger partial charge >= 0.3 is 0 Å². The van der Waals surface area contributed by atoms with Crippen LogP contribution in [0.15, 0.2) is 28.7 Å². The van der Waals surface area contributed by atoms with Gasteiger partial charge in [-0.25, -0.2) is 0 Å². The van der Waals surface area contributed by atoms with E-state index in [-0.39, 0.29) is 0 Å². The minimum atomic E-state index is 0.410. The second-order valence-corrected chi connectivity index (χ2v) is 4.01. The number of hydrogen-bond donors (Lipinski definition) is 1. The van der Waals surface area contributed by atoms with E-state index in [1.807, 2.05) is 24.3 Å². The number of halogens is 1. The average Bonchev–Trinajstić information content (AvgIpc) is 2.28. The number of ether oxygens (including phenoxy) is 1. The third-order valence-corrected chi connectivity index (χ3v) is 2.87. The van der Waals surface area contributed by atoms with Crippen molar-refractivity contribution >= 4 is 26.8 Å². The average molecular weight is 267 g/mol. The number of nitrogens with two attached hydrogens (primary N) is 1. The SMILES string of the molecule is COc1cc(CN)nc2c(Br)cccc12. The predicted octanol–water partition coefficient (Wildman–Crippen LogP) is 2.46. The fourth-order valence-electron chi connectivity index (χ4n) is 1.51. The molecule has 0 spiro atoms. The summed E-state index contributed by atoms with van der Waals surface area (Å²) in [5.41, 5.74) is 7.29. The Morgan fingerprint density at radius 1 is 1.47 bits per heavy atom. The Morgan fingerprint density at radius 2 is 2.27 bits per heavy atom. The molecule has 78 valence electrons. The molecule has 1 aromatic carbocycles. The van der Waals surface area contributed by atoms with Crippen LogP contribution in [0.5, 0.6) is 5.75 Å². The van der Waals surface area contributed by atoms with Gasteiger partial charge in [-0.3, -0.25) is 4.98 Å². The molecule has 0 atom stereocenters. The van der Waals surface area contributed by atoms with E-state index in [4.69, 9.17) is 10.5 Å². The van der Waals surface area contributed by atoms with Crippen LogP contribution in [0.2, 0.25) is 0 Å². The molecule has 0 aliphatic rings. The summed E-state index contributed by atoms with van der Waals surface area (Å²) in [6.45, 7) is 0.410. The number of hydrogen-bond acceptors (Lipinski definition) is 3. The lowest BCUT2D eigenvalue weighted by molar-refractivity contribution is 0.419. The standard InChI is InChI=1S/C11H11BrN2O/c1-15-10-5-7(6-13)14-11-8(10)3-2-4-9(11)12/h2-5H,6,13H2,1H3. The number of fused-ring (bicyclic) bond motifs is 1. The molecular weight excluding hydrogens is 256 g/mol. The molecule has 2 N–H and O–H groups in total. The molecular formula is C11H11BrN2O. The van der Waals surface area contributed by atoms with Crippen LogP contribution in [0.4, 0.5) is 0 Å². The zero-order chi connectivity index (χ0) is 10.8. The van der Waals surface area contributed by atoms with Gasteiger partial charge in [-0.15, -0.1) is 0 Å². The predicted molar refractivity (Wildman–Crippen MR) is 63.9 cm³/mol. The molecule has 4 heteroatoms. The highest BCUT2D eigenvalue weighted by atomic mass is 79.9. The van der Waals surface area contributed by atoms with Crippen LogP contribution in [0.3, 0.4) is 0 Å². The van der Waals surface area contributed by atoms with Crippen LogP contribution in [0.25, 0.3) is 10.9 Å². The summed E-state index contributed by atoms with van der Waals surface area (Å²) in [7, 11) is 1.65. The van der Waals surface area contributed by atoms with Gasteiger partial charge < -0.3 is 10.5 Å². The molecule has 3 nitrogen and oxygen atoms in total. The molecule has 0 radical (unpaired) electrons. The molecule has 0 fully saturated rings. The Labute approximate surface area is 96.4 Å². The number of nitrogens with zero attached hydrogens (tertiary/aromatic N) is 1. The van der Waals surface area contributed by atoms with Crippen LogP contribution in [-0.4, -0.2) is 12.1 Å². The molecule has 2 aromatic rings. The Hall–Kier alpha value is -1.13. The van der Waals surface area contributed by atoms with Gasteiger partial charge in [0.1, 0.15) is 5.75 Å². The van der Waals surface area contributed by atoms with Gasteiger partial charge in [-0.1, -0.05) is 6.07 Å². The Kier molecular flexibility index (Phi) is 2.88. The third kappa shape index (κ3) is 1.82. The van der Waals surface area contributed by atoms with Crippen LogP contribution in [0, 0.1) is 0 Å². The Morgan fingerprint density at radius 3 is 2.93 bits per heavy atom. The zero-order valence-corrected chi connectivity index (χ0v) is 9.91. The van der Waals surface area contributed by atoms with E-state index in [2.05, 4.69) is 20.9 Å². The fourth-order valence-corrected chi connectivity index (χ4v) is 1.96. The van der Waals surface area contributed by atoms with E-state index in [9.17, 15) is 0 Å². The maximum absolute atomic E-state index is 5.58. The number of aromatic nitrogens is 1. The molecule has 0 unspecified atom stereocenters. The van der Waals surface area contributed by atoms with Crippen molar-refractivity contribution in [2.45, 2.75) is 6.54 Å². The van der Waals surface area contributed by atoms with E-state index < -0.39 is 0 Å². The summed E-state index contributed by atoms with van der Waals surface area (Å²) < 4.78 is 6.26. The minimum Gasteiger partial charge on any atom is -0.496 e. The molecule has 1 heterocycles. The highest BCUT2D eigenvalue weighted by molar-refractivity contribution is 9.10. The lowest BCUT2D eigenvalue weighted by Gasteiger charge is -2.08. The lowest BCUT2D eigenvalue weighted by Crippen LogP contribution is -2.01. The first-order valence-electron chi connectivity index (χ1n) is 4.58. The Balaban J connectivity index is 2.80. The highest BCUT2D eigenvalue weighted by Crippen LogP contribution is 2.29. The first-order valence-corrected chi connectivity index (χ1v) is 5.37. The molecule has 0 aliphatic carbocycles. The quantitative estimate of drug-likeness (QED) is 0.909. The topological polar surface area (TPSA) is 48.1 Å². The zero-order valence-electron chi connectivity index (χ0n) is 8.33. The molecule has 0 saturated carbocycles. The molecule has 0 aliphatic heterocycles. The second-order valence-electron chi connectivity index (χ2n) is 3.16. The van der Waals surface area contributed by atoms with Crippen molar-refractivity contribution in [3.8, 4) is 5.75 Å². The summed E-state index contributed by atoms with van der Waals surface area (Å²) in [4.78, 5) is 4.45. The first kappa shape index (κ1) is 10.4. The summed E-state index contributed by atoms with van der Waals surface area (Å²) in [6.07, 6.45) is 0. The van der Waals surface area contributed by atoms with E-state index in [1.54, 1.807) is 7.11 Å². The molecule has 0 bridgehead atoms. The van der Waals surface area contributed by atoms with E-state index >= 15 is 0 Å². The van der Waals surface area contributed by atoms with Gasteiger partial charge in [0.2, 0.25) is 0 Å². The lowest BCUT2D eigenvalue weighted by atomic mass is 10.2. The van der Waals surface area contributed by atoms with Crippen molar-refractivity contribution in [3.05, 3.63) is 34.4 Å². The van der Waals surface area contributed by atoms with Crippen molar-refractivity contribution in [2.24, 2.45) is 5.73 Å². The van der Waals surface area contributed by atoms with Gasteiger partial charge in [0, 0.05) is 22.5 Å². The molecule has 0 saturated heterocycles. The van der Waals surface area contributed by atoms with Crippen molar-refractivity contribution in [1.82, 2.24) is 4.98 Å². The monoisotopic (exact) mass is 266 g/mol. The van der Waals surface area contributed by atoms with Crippen LogP contribution in [0.1, 0.15) is 5.69 Å². The van der Waals surface area contributed by atoms with Gasteiger partial charge in [0.25, 0.3) is 0 Å². The summed E-state index contributed by atoms with van der Waals surface area (Å²) in [6, 6.07) is 7.76. The van der Waals surface area contributed by atoms with Gasteiger partial charge in [0.15, 0.2) is 0 Å². The molecule has 1 aromatic heterocycles. The van der Waals surface area contributed by atoms with Crippen molar-refractivity contribution in [3.63, 3.8) is 0 Å². The molecule has 2 rings (SSSR count). The van der Waals surface area contributed by atoms with Crippen molar-refractivity contribution in [2.75, 3.05) is 7.11 Å². The maximum Gasteiger partial charge on any atom is 0.130 e. The first-order chi connectivity index (χ1) is 7.26. The van der Waals surface area contributed by atoms with Gasteiger partial charge in [-0.05, 0) is 28.1 Å². The van der Waals surface area contributed by atoms with Crippen LogP contribution < -0.4 is 10.5 Å². The molecule has 15 heavy (non-hydrogen) atoms. The summed E-state index contributed by atoms with van der Waals surface area (Å²) in [5.74, 6) is 0.807. The van der Waals surface area contributed by atoms with Gasteiger partial charge in [-0.2, -0.15) is 0 Å². The number of rotatable bonds is 2. The Bertz CT molecular complexity index is 499. The highest BCUT2D eigenvalue weighted by Gasteiger charge is 2.07. The number of methoxy groups -OCH3 is 1. The van der Waals surface area contributed by atoms with Crippen molar-refractivity contribution in [1.29, 1.82) is 0 Å². The van der Waals surface area contributed by atoms with E-state index in [0.717, 1.165) is 26.8 Å². The van der Waals surface area contributed by atoms with Crippen LogP contribution >= 0.6 is 15.9 Å². The van der Waals surface area contributed by atoms with Crippen molar-refractivity contribution < 1.29 is 4.74 Å². The third-order valence-electron chi connectivity index (χ3n) is 2.23. The van der Waals surface area contributed by atoms with Gasteiger partial charge in [0.05, 0.1) is 18.3 Å². The van der Waals surface area contributed by atoms with E-state index in [1.165, 1.54) is 0 Å². The van der Waals surface area contributed by atoms with E-state index in [0.29, 0.717) is 6.54 Å². The maximum atomic E-state index is 5.58. The number of pyridine rings is 1. The summed E-state index contributed by atoms with van der Waals surface area (Å²) in [5, 5.41) is 0.990. The normalized spacial score (nSPS) is 10.6. The largest absolute Gasteiger partial charge is 0.496 e. The molecule has 0 amide bonds. The summed E-state index contributed by atoms with van der Waals surface area (Å²) >= 11 is 3.46. The fraction of sp³-hybridized carbons (Fsp3) is 0.182.